The molecule has 9 heteroatoms. The molecular weight excluding hydrogens is 370 g/mol. The summed E-state index contributed by atoms with van der Waals surface area (Å²) in [5, 5.41) is 4.62. The van der Waals surface area contributed by atoms with Crippen molar-refractivity contribution in [1.29, 1.82) is 0 Å². The third kappa shape index (κ3) is 7.69. The van der Waals surface area contributed by atoms with Crippen LogP contribution in [0.3, 0.4) is 0 Å². The van der Waals surface area contributed by atoms with Gasteiger partial charge in [0, 0.05) is 25.0 Å². The molecule has 0 unspecified atom stereocenters. The van der Waals surface area contributed by atoms with Gasteiger partial charge in [-0.25, -0.2) is 9.59 Å². The number of ether oxygens (including phenoxy) is 1. The van der Waals surface area contributed by atoms with Crippen molar-refractivity contribution in [3.63, 3.8) is 0 Å². The second-order valence-electron chi connectivity index (χ2n) is 6.24. The number of carbonyl (C=O) groups is 4. The molecule has 1 aromatic carbocycles. The molecule has 1 aromatic rings. The molecular formula is C18H25N3O5S. The lowest BCUT2D eigenvalue weighted by Crippen LogP contribution is -2.46. The van der Waals surface area contributed by atoms with Crippen LogP contribution in [0.25, 0.3) is 0 Å². The summed E-state index contributed by atoms with van der Waals surface area (Å²) in [6.45, 7) is 4.88. The zero-order valence-electron chi connectivity index (χ0n) is 16.1. The monoisotopic (exact) mass is 395 g/mol. The Balaban J connectivity index is 2.72. The summed E-state index contributed by atoms with van der Waals surface area (Å²) < 4.78 is 5.16. The molecule has 0 aliphatic heterocycles. The van der Waals surface area contributed by atoms with Gasteiger partial charge in [0.25, 0.3) is 5.91 Å². The van der Waals surface area contributed by atoms with Gasteiger partial charge >= 0.3 is 12.0 Å². The molecule has 0 saturated heterocycles. The third-order valence-corrected chi connectivity index (χ3v) is 4.32. The fourth-order valence-corrected chi connectivity index (χ4v) is 2.84. The molecule has 0 fully saturated rings. The Morgan fingerprint density at radius 1 is 1.11 bits per heavy atom. The first-order chi connectivity index (χ1) is 12.6. The van der Waals surface area contributed by atoms with Crippen LogP contribution < -0.4 is 10.6 Å². The Kier molecular flexibility index (Phi) is 8.80. The Labute approximate surface area is 163 Å². The Morgan fingerprint density at radius 3 is 2.33 bits per heavy atom. The smallest absolute Gasteiger partial charge is 0.340 e. The number of carbonyl (C=O) groups excluding carboxylic acids is 4. The molecule has 0 bridgehead atoms. The van der Waals surface area contributed by atoms with Crippen LogP contribution in [0.2, 0.25) is 0 Å². The van der Waals surface area contributed by atoms with E-state index in [1.165, 1.54) is 23.6 Å². The number of urea groups is 1. The van der Waals surface area contributed by atoms with Gasteiger partial charge in [-0.05, 0) is 32.9 Å². The first kappa shape index (κ1) is 22.5. The van der Waals surface area contributed by atoms with E-state index in [0.29, 0.717) is 4.90 Å². The molecule has 0 aliphatic rings. The topological polar surface area (TPSA) is 105 Å². The highest BCUT2D eigenvalue weighted by molar-refractivity contribution is 8.00. The van der Waals surface area contributed by atoms with Crippen LogP contribution in [0.15, 0.2) is 29.2 Å². The number of hydrogen-bond donors (Lipinski definition) is 2. The van der Waals surface area contributed by atoms with Crippen LogP contribution >= 0.6 is 11.8 Å². The molecule has 1 atom stereocenters. The molecule has 0 aliphatic carbocycles. The highest BCUT2D eigenvalue weighted by Gasteiger charge is 2.22. The van der Waals surface area contributed by atoms with Gasteiger partial charge in [-0.15, -0.1) is 11.8 Å². The molecule has 148 valence electrons. The summed E-state index contributed by atoms with van der Waals surface area (Å²) in [7, 11) is 3.30. The number of amides is 4. The second-order valence-corrected chi connectivity index (χ2v) is 7.26. The van der Waals surface area contributed by atoms with Gasteiger partial charge in [0.05, 0.1) is 11.3 Å². The lowest BCUT2D eigenvalue weighted by molar-refractivity contribution is -0.128. The zero-order chi connectivity index (χ0) is 20.6. The van der Waals surface area contributed by atoms with E-state index in [4.69, 9.17) is 4.74 Å². The van der Waals surface area contributed by atoms with Crippen LogP contribution in [-0.2, 0) is 14.3 Å². The third-order valence-electron chi connectivity index (χ3n) is 3.27. The average molecular weight is 395 g/mol. The molecule has 8 nitrogen and oxygen atoms in total. The van der Waals surface area contributed by atoms with Gasteiger partial charge in [0.2, 0.25) is 5.91 Å². The van der Waals surface area contributed by atoms with Crippen LogP contribution in [-0.4, -0.2) is 60.7 Å². The predicted molar refractivity (Wildman–Crippen MR) is 103 cm³/mol. The number of nitrogens with zero attached hydrogens (tertiary/aromatic N) is 1. The summed E-state index contributed by atoms with van der Waals surface area (Å²) in [6.07, 6.45) is -1.16. The van der Waals surface area contributed by atoms with Crippen LogP contribution in [0, 0.1) is 0 Å². The molecule has 27 heavy (non-hydrogen) atoms. The number of hydrogen-bond acceptors (Lipinski definition) is 6. The van der Waals surface area contributed by atoms with Crippen molar-refractivity contribution < 1.29 is 23.9 Å². The summed E-state index contributed by atoms with van der Waals surface area (Å²) >= 11 is 1.21. The standard InChI is InChI=1S/C18H25N3O5S/c1-11(2)19-18(25)20-16(23)12(3)26-17(24)13-8-6-7-9-14(13)27-10-15(22)21(4)5/h6-9,11-12H,10H2,1-5H3,(H2,19,20,23,25)/t12-/m1/s1. The quantitative estimate of drug-likeness (QED) is 0.537. The molecule has 0 radical (unpaired) electrons. The number of benzene rings is 1. The fraction of sp³-hybridized carbons (Fsp3) is 0.444. The maximum absolute atomic E-state index is 12.4. The van der Waals surface area contributed by atoms with Gasteiger partial charge in [-0.3, -0.25) is 14.9 Å². The lowest BCUT2D eigenvalue weighted by atomic mass is 10.2. The molecule has 4 amide bonds. The van der Waals surface area contributed by atoms with Gasteiger partial charge in [-0.1, -0.05) is 12.1 Å². The minimum absolute atomic E-state index is 0.0907. The SMILES string of the molecule is CC(C)NC(=O)NC(=O)[C@@H](C)OC(=O)c1ccccc1SCC(=O)N(C)C. The Morgan fingerprint density at radius 2 is 1.74 bits per heavy atom. The minimum Gasteiger partial charge on any atom is -0.449 e. The van der Waals surface area contributed by atoms with Crippen LogP contribution in [0.1, 0.15) is 31.1 Å². The van der Waals surface area contributed by atoms with Crippen molar-refractivity contribution in [3.05, 3.63) is 29.8 Å². The highest BCUT2D eigenvalue weighted by Crippen LogP contribution is 2.24. The van der Waals surface area contributed by atoms with Crippen molar-refractivity contribution >= 4 is 35.6 Å². The largest absolute Gasteiger partial charge is 0.449 e. The normalized spacial score (nSPS) is 11.5. The lowest BCUT2D eigenvalue weighted by Gasteiger charge is -2.16. The van der Waals surface area contributed by atoms with Gasteiger partial charge in [0.1, 0.15) is 0 Å². The predicted octanol–water partition coefficient (Wildman–Crippen LogP) is 1.65. The number of nitrogens with one attached hydrogen (secondary N) is 2. The summed E-state index contributed by atoms with van der Waals surface area (Å²) in [4.78, 5) is 49.7. The molecule has 1 rings (SSSR count). The van der Waals surface area contributed by atoms with Gasteiger partial charge < -0.3 is 15.0 Å². The molecule has 0 saturated carbocycles. The minimum atomic E-state index is -1.16. The maximum atomic E-state index is 12.4. The highest BCUT2D eigenvalue weighted by atomic mass is 32.2. The summed E-state index contributed by atoms with van der Waals surface area (Å²) in [5.41, 5.74) is 0.250. The number of esters is 1. The summed E-state index contributed by atoms with van der Waals surface area (Å²) in [5.74, 6) is -1.35. The molecule has 0 aromatic heterocycles. The van der Waals surface area contributed by atoms with Crippen molar-refractivity contribution in [2.45, 2.75) is 37.8 Å². The van der Waals surface area contributed by atoms with E-state index in [0.717, 1.165) is 0 Å². The van der Waals surface area contributed by atoms with E-state index < -0.39 is 24.0 Å². The number of thioether (sulfide) groups is 1. The van der Waals surface area contributed by atoms with Crippen molar-refractivity contribution in [3.8, 4) is 0 Å². The Hall–Kier alpha value is -2.55. The van der Waals surface area contributed by atoms with E-state index in [2.05, 4.69) is 10.6 Å². The number of rotatable bonds is 7. The van der Waals surface area contributed by atoms with Crippen LogP contribution in [0.5, 0.6) is 0 Å². The summed E-state index contributed by atoms with van der Waals surface area (Å²) in [6, 6.07) is 5.87. The Bertz CT molecular complexity index is 706. The van der Waals surface area contributed by atoms with E-state index in [-0.39, 0.29) is 23.3 Å². The van der Waals surface area contributed by atoms with E-state index in [1.54, 1.807) is 52.2 Å². The molecule has 2 N–H and O–H groups in total. The van der Waals surface area contributed by atoms with Crippen molar-refractivity contribution in [1.82, 2.24) is 15.5 Å². The second kappa shape index (κ2) is 10.6. The average Bonchev–Trinajstić information content (AvgIpc) is 2.58. The molecule has 0 spiro atoms. The van der Waals surface area contributed by atoms with Crippen LogP contribution in [0.4, 0.5) is 4.79 Å². The number of imide groups is 1. The van der Waals surface area contributed by atoms with E-state index in [9.17, 15) is 19.2 Å². The first-order valence-electron chi connectivity index (χ1n) is 8.36. The van der Waals surface area contributed by atoms with Gasteiger partial charge in [0.15, 0.2) is 6.10 Å². The zero-order valence-corrected chi connectivity index (χ0v) is 16.9. The van der Waals surface area contributed by atoms with Gasteiger partial charge in [-0.2, -0.15) is 0 Å². The van der Waals surface area contributed by atoms with Crippen molar-refractivity contribution in [2.75, 3.05) is 19.8 Å². The van der Waals surface area contributed by atoms with E-state index in [1.807, 2.05) is 0 Å². The van der Waals surface area contributed by atoms with Crippen molar-refractivity contribution in [2.24, 2.45) is 0 Å². The maximum Gasteiger partial charge on any atom is 0.340 e. The fourth-order valence-electron chi connectivity index (χ4n) is 1.82. The molecule has 0 heterocycles. The first-order valence-corrected chi connectivity index (χ1v) is 9.34. The van der Waals surface area contributed by atoms with E-state index >= 15 is 0 Å².